The Morgan fingerprint density at radius 2 is 1.59 bits per heavy atom. The average Bonchev–Trinajstić information content (AvgIpc) is 2.62. The summed E-state index contributed by atoms with van der Waals surface area (Å²) in [5.74, 6) is 0.0322. The van der Waals surface area contributed by atoms with Crippen LogP contribution in [0, 0.1) is 20.8 Å². The van der Waals surface area contributed by atoms with Gasteiger partial charge in [-0.2, -0.15) is 0 Å². The van der Waals surface area contributed by atoms with Crippen molar-refractivity contribution in [2.24, 2.45) is 0 Å². The van der Waals surface area contributed by atoms with Crippen molar-refractivity contribution in [1.82, 2.24) is 10.2 Å². The molecule has 0 aromatic heterocycles. The predicted octanol–water partition coefficient (Wildman–Crippen LogP) is 3.82. The van der Waals surface area contributed by atoms with Gasteiger partial charge in [0, 0.05) is 55.5 Å². The van der Waals surface area contributed by atoms with E-state index in [9.17, 15) is 4.79 Å². The van der Waals surface area contributed by atoms with Crippen molar-refractivity contribution in [2.45, 2.75) is 20.8 Å². The molecule has 0 saturated carbocycles. The molecule has 1 fully saturated rings. The number of carbonyl (C=O) groups excluding carboxylic acids is 1. The SMILES string of the molecule is Cc1cc(C)c(C(=O)NCCN2CCN(c3ccc(Cl)cc3)CC2)c(C)c1. The Labute approximate surface area is 167 Å². The molecule has 0 unspecified atom stereocenters. The number of piperazine rings is 1. The van der Waals surface area contributed by atoms with Crippen LogP contribution >= 0.6 is 11.6 Å². The highest BCUT2D eigenvalue weighted by atomic mass is 35.5. The van der Waals surface area contributed by atoms with Crippen molar-refractivity contribution >= 4 is 23.2 Å². The molecule has 0 atom stereocenters. The van der Waals surface area contributed by atoms with Crippen LogP contribution in [-0.4, -0.2) is 50.1 Å². The van der Waals surface area contributed by atoms with E-state index in [0.717, 1.165) is 54.4 Å². The standard InChI is InChI=1S/C22H28ClN3O/c1-16-14-17(2)21(18(3)15-16)22(27)24-8-9-25-10-12-26(13-11-25)20-6-4-19(23)5-7-20/h4-7,14-15H,8-13H2,1-3H3,(H,24,27). The van der Waals surface area contributed by atoms with Gasteiger partial charge in [0.1, 0.15) is 0 Å². The number of amides is 1. The lowest BCUT2D eigenvalue weighted by molar-refractivity contribution is 0.0946. The van der Waals surface area contributed by atoms with E-state index in [4.69, 9.17) is 11.6 Å². The Hall–Kier alpha value is -2.04. The minimum Gasteiger partial charge on any atom is -0.369 e. The van der Waals surface area contributed by atoms with Crippen LogP contribution in [0.3, 0.4) is 0 Å². The highest BCUT2D eigenvalue weighted by molar-refractivity contribution is 6.30. The summed E-state index contributed by atoms with van der Waals surface area (Å²) in [6, 6.07) is 12.2. The number of rotatable bonds is 5. The molecule has 0 aliphatic carbocycles. The number of aryl methyl sites for hydroxylation is 3. The number of nitrogens with zero attached hydrogens (tertiary/aromatic N) is 2. The number of benzene rings is 2. The topological polar surface area (TPSA) is 35.6 Å². The van der Waals surface area contributed by atoms with Gasteiger partial charge in [0.25, 0.3) is 5.91 Å². The Balaban J connectivity index is 1.45. The number of halogens is 1. The summed E-state index contributed by atoms with van der Waals surface area (Å²) in [6.45, 7) is 11.6. The molecule has 0 spiro atoms. The molecule has 144 valence electrons. The van der Waals surface area contributed by atoms with E-state index in [1.807, 2.05) is 26.0 Å². The first-order chi connectivity index (χ1) is 12.9. The summed E-state index contributed by atoms with van der Waals surface area (Å²) >= 11 is 5.97. The molecule has 5 heteroatoms. The lowest BCUT2D eigenvalue weighted by atomic mass is 9.99. The third kappa shape index (κ3) is 5.02. The number of carbonyl (C=O) groups is 1. The van der Waals surface area contributed by atoms with Gasteiger partial charge in [-0.1, -0.05) is 29.3 Å². The Morgan fingerprint density at radius 1 is 1.00 bits per heavy atom. The molecule has 1 amide bonds. The van der Waals surface area contributed by atoms with E-state index in [2.05, 4.69) is 46.3 Å². The van der Waals surface area contributed by atoms with Crippen molar-refractivity contribution in [3.05, 3.63) is 63.7 Å². The quantitative estimate of drug-likeness (QED) is 0.849. The largest absolute Gasteiger partial charge is 0.369 e. The van der Waals surface area contributed by atoms with Gasteiger partial charge < -0.3 is 10.2 Å². The minimum absolute atomic E-state index is 0.0322. The second-order valence-electron chi connectivity index (χ2n) is 7.33. The first kappa shape index (κ1) is 19.7. The molecule has 1 aliphatic heterocycles. The van der Waals surface area contributed by atoms with E-state index in [1.165, 1.54) is 11.3 Å². The van der Waals surface area contributed by atoms with Crippen molar-refractivity contribution in [2.75, 3.05) is 44.2 Å². The van der Waals surface area contributed by atoms with Gasteiger partial charge >= 0.3 is 0 Å². The Kier molecular flexibility index (Phi) is 6.40. The number of hydrogen-bond acceptors (Lipinski definition) is 3. The normalized spacial score (nSPS) is 15.0. The van der Waals surface area contributed by atoms with Crippen molar-refractivity contribution in [3.63, 3.8) is 0 Å². The van der Waals surface area contributed by atoms with E-state index in [0.29, 0.717) is 6.54 Å². The maximum atomic E-state index is 12.6. The van der Waals surface area contributed by atoms with Gasteiger partial charge in [0.2, 0.25) is 0 Å². The molecule has 0 radical (unpaired) electrons. The van der Waals surface area contributed by atoms with E-state index >= 15 is 0 Å². The zero-order chi connectivity index (χ0) is 19.4. The van der Waals surface area contributed by atoms with Crippen LogP contribution in [0.4, 0.5) is 5.69 Å². The van der Waals surface area contributed by atoms with Gasteiger partial charge in [-0.05, 0) is 56.2 Å². The molecule has 2 aromatic carbocycles. The van der Waals surface area contributed by atoms with Gasteiger partial charge in [0.05, 0.1) is 0 Å². The Morgan fingerprint density at radius 3 is 2.19 bits per heavy atom. The molecule has 27 heavy (non-hydrogen) atoms. The summed E-state index contributed by atoms with van der Waals surface area (Å²) in [4.78, 5) is 17.3. The lowest BCUT2D eigenvalue weighted by Gasteiger charge is -2.36. The summed E-state index contributed by atoms with van der Waals surface area (Å²) < 4.78 is 0. The average molecular weight is 386 g/mol. The highest BCUT2D eigenvalue weighted by Crippen LogP contribution is 2.19. The number of anilines is 1. The predicted molar refractivity (Wildman–Crippen MR) is 113 cm³/mol. The zero-order valence-electron chi connectivity index (χ0n) is 16.4. The first-order valence-corrected chi connectivity index (χ1v) is 9.91. The monoisotopic (exact) mass is 385 g/mol. The number of hydrogen-bond donors (Lipinski definition) is 1. The van der Waals surface area contributed by atoms with E-state index < -0.39 is 0 Å². The molecule has 1 aliphatic rings. The smallest absolute Gasteiger partial charge is 0.251 e. The van der Waals surface area contributed by atoms with Crippen molar-refractivity contribution < 1.29 is 4.79 Å². The highest BCUT2D eigenvalue weighted by Gasteiger charge is 2.18. The van der Waals surface area contributed by atoms with E-state index in [-0.39, 0.29) is 5.91 Å². The molecular formula is C22H28ClN3O. The van der Waals surface area contributed by atoms with Crippen LogP contribution in [0.15, 0.2) is 36.4 Å². The molecular weight excluding hydrogens is 358 g/mol. The first-order valence-electron chi connectivity index (χ1n) is 9.53. The Bertz CT molecular complexity index is 773. The fourth-order valence-electron chi connectivity index (χ4n) is 3.84. The minimum atomic E-state index is 0.0322. The fourth-order valence-corrected chi connectivity index (χ4v) is 3.96. The van der Waals surface area contributed by atoms with Crippen molar-refractivity contribution in [3.8, 4) is 0 Å². The second-order valence-corrected chi connectivity index (χ2v) is 7.77. The van der Waals surface area contributed by atoms with Gasteiger partial charge in [-0.25, -0.2) is 0 Å². The third-order valence-electron chi connectivity index (χ3n) is 5.18. The van der Waals surface area contributed by atoms with Gasteiger partial charge in [-0.15, -0.1) is 0 Å². The summed E-state index contributed by atoms with van der Waals surface area (Å²) in [5, 5.41) is 3.86. The van der Waals surface area contributed by atoms with Crippen molar-refractivity contribution in [1.29, 1.82) is 0 Å². The van der Waals surface area contributed by atoms with Crippen LogP contribution in [0.25, 0.3) is 0 Å². The summed E-state index contributed by atoms with van der Waals surface area (Å²) in [6.07, 6.45) is 0. The maximum Gasteiger partial charge on any atom is 0.251 e. The van der Waals surface area contributed by atoms with Crippen LogP contribution in [0.1, 0.15) is 27.0 Å². The lowest BCUT2D eigenvalue weighted by Crippen LogP contribution is -2.48. The summed E-state index contributed by atoms with van der Waals surface area (Å²) in [5.41, 5.74) is 5.31. The molecule has 0 bridgehead atoms. The second kappa shape index (κ2) is 8.77. The maximum absolute atomic E-state index is 12.6. The number of nitrogens with one attached hydrogen (secondary N) is 1. The summed E-state index contributed by atoms with van der Waals surface area (Å²) in [7, 11) is 0. The molecule has 2 aromatic rings. The van der Waals surface area contributed by atoms with Crippen LogP contribution in [-0.2, 0) is 0 Å². The van der Waals surface area contributed by atoms with Crippen LogP contribution in [0.5, 0.6) is 0 Å². The van der Waals surface area contributed by atoms with Crippen LogP contribution in [0.2, 0.25) is 5.02 Å². The molecule has 3 rings (SSSR count). The molecule has 1 N–H and O–H groups in total. The zero-order valence-corrected chi connectivity index (χ0v) is 17.1. The van der Waals surface area contributed by atoms with Crippen LogP contribution < -0.4 is 10.2 Å². The molecule has 1 heterocycles. The van der Waals surface area contributed by atoms with Gasteiger partial charge in [0.15, 0.2) is 0 Å². The molecule has 1 saturated heterocycles. The molecule has 4 nitrogen and oxygen atoms in total. The van der Waals surface area contributed by atoms with E-state index in [1.54, 1.807) is 0 Å². The van der Waals surface area contributed by atoms with Gasteiger partial charge in [-0.3, -0.25) is 9.69 Å². The fraction of sp³-hybridized carbons (Fsp3) is 0.409. The third-order valence-corrected chi connectivity index (χ3v) is 5.43.